The van der Waals surface area contributed by atoms with Crippen molar-refractivity contribution in [2.75, 3.05) is 13.7 Å². The number of ether oxygens (including phenoxy) is 1. The molecular formula is C18H31N3O4. The van der Waals surface area contributed by atoms with Gasteiger partial charge in [0.2, 0.25) is 5.91 Å². The first-order valence-corrected chi connectivity index (χ1v) is 8.62. The van der Waals surface area contributed by atoms with E-state index in [1.54, 1.807) is 6.92 Å². The fraction of sp³-hybridized carbons (Fsp3) is 0.722. The van der Waals surface area contributed by atoms with Gasteiger partial charge in [-0.1, -0.05) is 13.8 Å². The van der Waals surface area contributed by atoms with Crippen molar-refractivity contribution in [1.82, 2.24) is 15.1 Å². The van der Waals surface area contributed by atoms with Gasteiger partial charge in [-0.15, -0.1) is 0 Å². The second-order valence-corrected chi connectivity index (χ2v) is 7.34. The Kier molecular flexibility index (Phi) is 7.60. The number of aromatic nitrogens is 2. The van der Waals surface area contributed by atoms with Gasteiger partial charge in [-0.05, 0) is 38.7 Å². The zero-order valence-corrected chi connectivity index (χ0v) is 16.2. The number of hydrogen-bond acceptors (Lipinski definition) is 4. The molecule has 1 amide bonds. The summed E-state index contributed by atoms with van der Waals surface area (Å²) >= 11 is 0. The number of nitrogens with one attached hydrogen (secondary N) is 1. The van der Waals surface area contributed by atoms with Crippen LogP contribution in [0.1, 0.15) is 50.6 Å². The summed E-state index contributed by atoms with van der Waals surface area (Å²) in [5, 5.41) is 16.4. The van der Waals surface area contributed by atoms with E-state index in [4.69, 9.17) is 9.84 Å². The monoisotopic (exact) mass is 353 g/mol. The van der Waals surface area contributed by atoms with Gasteiger partial charge in [0, 0.05) is 25.8 Å². The Bertz CT molecular complexity index is 610. The van der Waals surface area contributed by atoms with E-state index in [-0.39, 0.29) is 25.4 Å². The van der Waals surface area contributed by atoms with Crippen molar-refractivity contribution in [2.45, 2.75) is 66.0 Å². The maximum Gasteiger partial charge on any atom is 0.305 e. The molecule has 7 nitrogen and oxygen atoms in total. The van der Waals surface area contributed by atoms with Gasteiger partial charge in [-0.3, -0.25) is 14.3 Å². The molecule has 0 fully saturated rings. The molecule has 2 N–H and O–H groups in total. The van der Waals surface area contributed by atoms with Crippen LogP contribution in [0.5, 0.6) is 0 Å². The normalized spacial score (nSPS) is 13.7. The number of carboxylic acids is 1. The van der Waals surface area contributed by atoms with E-state index in [1.165, 1.54) is 7.11 Å². The van der Waals surface area contributed by atoms with Crippen LogP contribution in [0.4, 0.5) is 0 Å². The molecule has 0 aromatic carbocycles. The third kappa shape index (κ3) is 6.49. The number of carboxylic acid groups (broad SMARTS) is 1. The average molecular weight is 353 g/mol. The number of carbonyl (C=O) groups excluding carboxylic acids is 1. The number of hydrogen-bond donors (Lipinski definition) is 2. The predicted molar refractivity (Wildman–Crippen MR) is 95.5 cm³/mol. The molecule has 0 aliphatic carbocycles. The lowest BCUT2D eigenvalue weighted by atomic mass is 9.98. The van der Waals surface area contributed by atoms with Crippen molar-refractivity contribution in [3.8, 4) is 0 Å². The highest BCUT2D eigenvalue weighted by Crippen LogP contribution is 2.17. The largest absolute Gasteiger partial charge is 0.481 e. The number of aliphatic carboxylic acids is 1. The predicted octanol–water partition coefficient (Wildman–Crippen LogP) is 2.08. The molecule has 1 atom stereocenters. The quantitative estimate of drug-likeness (QED) is 0.672. The van der Waals surface area contributed by atoms with Crippen LogP contribution in [-0.4, -0.2) is 46.0 Å². The summed E-state index contributed by atoms with van der Waals surface area (Å²) in [6.45, 7) is 10.9. The molecule has 1 rings (SSSR count). The molecule has 0 spiro atoms. The van der Waals surface area contributed by atoms with E-state index in [1.807, 2.05) is 18.5 Å². The van der Waals surface area contributed by atoms with Crippen LogP contribution in [-0.2, 0) is 27.3 Å². The lowest BCUT2D eigenvalue weighted by molar-refractivity contribution is -0.139. The fourth-order valence-electron chi connectivity index (χ4n) is 3.04. The van der Waals surface area contributed by atoms with Crippen LogP contribution in [0.25, 0.3) is 0 Å². The number of amides is 1. The first kappa shape index (κ1) is 21.2. The summed E-state index contributed by atoms with van der Waals surface area (Å²) in [7, 11) is 1.49. The van der Waals surface area contributed by atoms with E-state index >= 15 is 0 Å². The van der Waals surface area contributed by atoms with Crippen LogP contribution >= 0.6 is 0 Å². The SMILES string of the molecule is COCC(C)(CC(=O)O)NC(=O)CCc1c(C)nn(CC(C)C)c1C. The standard InChI is InChI=1S/C18H31N3O4/c1-12(2)10-21-14(4)15(13(3)20-21)7-8-16(22)19-18(5,11-25-6)9-17(23)24/h12H,7-11H2,1-6H3,(H,19,22)(H,23,24). The van der Waals surface area contributed by atoms with Crippen molar-refractivity contribution < 1.29 is 19.4 Å². The van der Waals surface area contributed by atoms with Gasteiger partial charge in [0.15, 0.2) is 0 Å². The van der Waals surface area contributed by atoms with E-state index < -0.39 is 11.5 Å². The van der Waals surface area contributed by atoms with Crippen molar-refractivity contribution in [1.29, 1.82) is 0 Å². The molecule has 142 valence electrons. The number of carbonyl (C=O) groups is 2. The molecule has 0 saturated carbocycles. The van der Waals surface area contributed by atoms with E-state index in [2.05, 4.69) is 24.3 Å². The summed E-state index contributed by atoms with van der Waals surface area (Å²) < 4.78 is 7.05. The molecule has 1 heterocycles. The minimum atomic E-state index is -0.971. The summed E-state index contributed by atoms with van der Waals surface area (Å²) in [5.74, 6) is -0.655. The summed E-state index contributed by atoms with van der Waals surface area (Å²) in [6.07, 6.45) is 0.683. The molecule has 0 aliphatic heterocycles. The zero-order valence-electron chi connectivity index (χ0n) is 16.2. The average Bonchev–Trinajstić information content (AvgIpc) is 2.69. The van der Waals surface area contributed by atoms with Crippen LogP contribution in [0.2, 0.25) is 0 Å². The van der Waals surface area contributed by atoms with Crippen LogP contribution in [0.3, 0.4) is 0 Å². The Morgan fingerprint density at radius 3 is 2.52 bits per heavy atom. The Labute approximate surface area is 149 Å². The van der Waals surface area contributed by atoms with Gasteiger partial charge in [0.05, 0.1) is 24.3 Å². The second kappa shape index (κ2) is 8.99. The third-order valence-electron chi connectivity index (χ3n) is 4.12. The topological polar surface area (TPSA) is 93.4 Å². The zero-order chi connectivity index (χ0) is 19.2. The Morgan fingerprint density at radius 2 is 2.00 bits per heavy atom. The van der Waals surface area contributed by atoms with Gasteiger partial charge < -0.3 is 15.2 Å². The van der Waals surface area contributed by atoms with E-state index in [0.29, 0.717) is 12.3 Å². The minimum Gasteiger partial charge on any atom is -0.481 e. The molecule has 7 heteroatoms. The lowest BCUT2D eigenvalue weighted by Crippen LogP contribution is -2.50. The van der Waals surface area contributed by atoms with Gasteiger partial charge in [0.1, 0.15) is 0 Å². The van der Waals surface area contributed by atoms with Gasteiger partial charge in [-0.2, -0.15) is 5.10 Å². The molecule has 0 aliphatic rings. The molecule has 1 unspecified atom stereocenters. The number of rotatable bonds is 10. The fourth-order valence-corrected chi connectivity index (χ4v) is 3.04. The smallest absolute Gasteiger partial charge is 0.305 e. The molecule has 0 bridgehead atoms. The first-order chi connectivity index (χ1) is 11.6. The van der Waals surface area contributed by atoms with Crippen molar-refractivity contribution in [3.05, 3.63) is 17.0 Å². The molecule has 1 aromatic heterocycles. The van der Waals surface area contributed by atoms with Crippen LogP contribution < -0.4 is 5.32 Å². The number of methoxy groups -OCH3 is 1. The summed E-state index contributed by atoms with van der Waals surface area (Å²) in [6, 6.07) is 0. The van der Waals surface area contributed by atoms with Crippen LogP contribution in [0.15, 0.2) is 0 Å². The molecule has 0 saturated heterocycles. The molecule has 0 radical (unpaired) electrons. The van der Waals surface area contributed by atoms with E-state index in [9.17, 15) is 9.59 Å². The summed E-state index contributed by atoms with van der Waals surface area (Å²) in [4.78, 5) is 23.3. The highest BCUT2D eigenvalue weighted by Gasteiger charge is 2.29. The number of aryl methyl sites for hydroxylation is 1. The highest BCUT2D eigenvalue weighted by molar-refractivity contribution is 5.78. The van der Waals surface area contributed by atoms with Crippen LogP contribution in [0, 0.1) is 19.8 Å². The van der Waals surface area contributed by atoms with Crippen molar-refractivity contribution in [2.24, 2.45) is 5.92 Å². The molecule has 1 aromatic rings. The van der Waals surface area contributed by atoms with E-state index in [0.717, 1.165) is 23.5 Å². The Morgan fingerprint density at radius 1 is 1.36 bits per heavy atom. The lowest BCUT2D eigenvalue weighted by Gasteiger charge is -2.28. The van der Waals surface area contributed by atoms with Crippen molar-refractivity contribution in [3.63, 3.8) is 0 Å². The summed E-state index contributed by atoms with van der Waals surface area (Å²) in [5.41, 5.74) is 2.20. The maximum atomic E-state index is 12.3. The van der Waals surface area contributed by atoms with Gasteiger partial charge in [0.25, 0.3) is 0 Å². The first-order valence-electron chi connectivity index (χ1n) is 8.62. The number of nitrogens with zero attached hydrogens (tertiary/aromatic N) is 2. The maximum absolute atomic E-state index is 12.3. The Balaban J connectivity index is 2.72. The Hall–Kier alpha value is -1.89. The molecule has 25 heavy (non-hydrogen) atoms. The highest BCUT2D eigenvalue weighted by atomic mass is 16.5. The minimum absolute atomic E-state index is 0.148. The second-order valence-electron chi connectivity index (χ2n) is 7.34. The molecular weight excluding hydrogens is 322 g/mol. The van der Waals surface area contributed by atoms with Gasteiger partial charge in [-0.25, -0.2) is 0 Å². The van der Waals surface area contributed by atoms with Gasteiger partial charge >= 0.3 is 5.97 Å². The van der Waals surface area contributed by atoms with Crippen molar-refractivity contribution >= 4 is 11.9 Å². The third-order valence-corrected chi connectivity index (χ3v) is 4.12.